The van der Waals surface area contributed by atoms with Crippen LogP contribution in [0.2, 0.25) is 0 Å². The quantitative estimate of drug-likeness (QED) is 0.675. The molecule has 1 unspecified atom stereocenters. The molecule has 2 aromatic heterocycles. The van der Waals surface area contributed by atoms with Crippen molar-refractivity contribution in [1.82, 2.24) is 15.1 Å². The first-order chi connectivity index (χ1) is 12.9. The number of nitrogens with zero attached hydrogens (tertiary/aromatic N) is 4. The van der Waals surface area contributed by atoms with Gasteiger partial charge in [-0.25, -0.2) is 4.98 Å². The molecule has 1 aromatic carbocycles. The lowest BCUT2D eigenvalue weighted by atomic mass is 10.0. The number of fused-ring (bicyclic) bond motifs is 1. The van der Waals surface area contributed by atoms with Gasteiger partial charge in [-0.1, -0.05) is 23.1 Å². The lowest BCUT2D eigenvalue weighted by Gasteiger charge is -2.18. The molecule has 1 atom stereocenters. The zero-order valence-electron chi connectivity index (χ0n) is 15.1. The van der Waals surface area contributed by atoms with Gasteiger partial charge in [0, 0.05) is 30.1 Å². The minimum absolute atomic E-state index is 0.246. The van der Waals surface area contributed by atoms with Crippen LogP contribution in [0.25, 0.3) is 0 Å². The largest absolute Gasteiger partial charge is 0.372 e. The molecule has 0 bridgehead atoms. The van der Waals surface area contributed by atoms with Crippen molar-refractivity contribution in [2.24, 2.45) is 0 Å². The Bertz CT molecular complexity index is 1060. The van der Waals surface area contributed by atoms with Crippen LogP contribution in [-0.4, -0.2) is 26.8 Å². The zero-order chi connectivity index (χ0) is 19.0. The highest BCUT2D eigenvalue weighted by molar-refractivity contribution is 5.69. The molecule has 0 saturated carbocycles. The number of benzene rings is 1. The predicted octanol–water partition coefficient (Wildman–Crippen LogP) is 2.31. The fourth-order valence-corrected chi connectivity index (χ4v) is 3.06. The summed E-state index contributed by atoms with van der Waals surface area (Å²) in [6.07, 6.45) is 2.57. The van der Waals surface area contributed by atoms with E-state index in [1.807, 2.05) is 18.2 Å². The molecule has 1 aliphatic rings. The van der Waals surface area contributed by atoms with Gasteiger partial charge < -0.3 is 20.3 Å². The number of nitrogen functional groups attached to an aromatic ring is 1. The molecule has 0 spiro atoms. The molecule has 3 aromatic rings. The van der Waals surface area contributed by atoms with Crippen LogP contribution in [0.4, 0.5) is 17.5 Å². The summed E-state index contributed by atoms with van der Waals surface area (Å²) >= 11 is 0. The summed E-state index contributed by atoms with van der Waals surface area (Å²) in [5.74, 6) is 7.55. The average molecular weight is 361 g/mol. The molecule has 0 aliphatic carbocycles. The number of hydrogen-bond donors (Lipinski definition) is 2. The fraction of sp³-hybridized carbons (Fsp3) is 0.250. The number of rotatable bonds is 2. The van der Waals surface area contributed by atoms with E-state index >= 15 is 0 Å². The first-order valence-corrected chi connectivity index (χ1v) is 8.61. The smallest absolute Gasteiger partial charge is 0.221 e. The van der Waals surface area contributed by atoms with Crippen LogP contribution in [0.5, 0.6) is 0 Å². The van der Waals surface area contributed by atoms with Crippen molar-refractivity contribution in [3.63, 3.8) is 0 Å². The number of aromatic nitrogens is 3. The number of hydrogen-bond acceptors (Lipinski definition) is 7. The number of anilines is 3. The molecule has 7 nitrogen and oxygen atoms in total. The number of aliphatic hydroxyl groups is 1. The van der Waals surface area contributed by atoms with Crippen LogP contribution in [0.1, 0.15) is 29.5 Å². The second-order valence-electron chi connectivity index (χ2n) is 6.66. The van der Waals surface area contributed by atoms with Crippen LogP contribution < -0.4 is 10.6 Å². The molecule has 27 heavy (non-hydrogen) atoms. The molecule has 136 valence electrons. The summed E-state index contributed by atoms with van der Waals surface area (Å²) < 4.78 is 5.03. The Morgan fingerprint density at radius 3 is 2.89 bits per heavy atom. The highest BCUT2D eigenvalue weighted by Gasteiger charge is 2.25. The van der Waals surface area contributed by atoms with E-state index in [-0.39, 0.29) is 5.95 Å². The van der Waals surface area contributed by atoms with Crippen molar-refractivity contribution in [2.45, 2.75) is 25.9 Å². The van der Waals surface area contributed by atoms with Gasteiger partial charge in [-0.2, -0.15) is 4.98 Å². The monoisotopic (exact) mass is 361 g/mol. The van der Waals surface area contributed by atoms with Gasteiger partial charge in [0.1, 0.15) is 17.3 Å². The highest BCUT2D eigenvalue weighted by atomic mass is 16.5. The standard InChI is InChI=1S/C20H19N5O2/c1-13-11-17(24-27-13)20(2,26)8-5-14-3-4-15-7-10-25(16(15)12-14)18-6-9-22-19(21)23-18/h3-4,6,9,11-12,26H,7,10H2,1-2H3,(H2,21,22,23). The predicted molar refractivity (Wildman–Crippen MR) is 101 cm³/mol. The number of nitrogens with two attached hydrogens (primary N) is 1. The lowest BCUT2D eigenvalue weighted by Crippen LogP contribution is -2.18. The van der Waals surface area contributed by atoms with Crippen molar-refractivity contribution < 1.29 is 9.63 Å². The molecule has 3 N–H and O–H groups in total. The minimum atomic E-state index is -1.39. The van der Waals surface area contributed by atoms with E-state index in [4.69, 9.17) is 10.3 Å². The lowest BCUT2D eigenvalue weighted by molar-refractivity contribution is 0.112. The maximum atomic E-state index is 10.6. The third-order valence-corrected chi connectivity index (χ3v) is 4.49. The molecule has 0 saturated heterocycles. The Kier molecular flexibility index (Phi) is 4.05. The van der Waals surface area contributed by atoms with E-state index in [1.165, 1.54) is 5.56 Å². The second-order valence-corrected chi connectivity index (χ2v) is 6.66. The van der Waals surface area contributed by atoms with E-state index in [1.54, 1.807) is 26.1 Å². The zero-order valence-corrected chi connectivity index (χ0v) is 15.1. The molecule has 0 amide bonds. The first kappa shape index (κ1) is 17.1. The molecule has 3 heterocycles. The van der Waals surface area contributed by atoms with Gasteiger partial charge in [-0.3, -0.25) is 0 Å². The molecular formula is C20H19N5O2. The van der Waals surface area contributed by atoms with Crippen molar-refractivity contribution >= 4 is 17.5 Å². The van der Waals surface area contributed by atoms with Crippen LogP contribution >= 0.6 is 0 Å². The van der Waals surface area contributed by atoms with E-state index in [0.29, 0.717) is 11.5 Å². The van der Waals surface area contributed by atoms with Crippen LogP contribution in [0, 0.1) is 18.8 Å². The Labute approximate surface area is 156 Å². The molecule has 7 heteroatoms. The Morgan fingerprint density at radius 2 is 2.15 bits per heavy atom. The summed E-state index contributed by atoms with van der Waals surface area (Å²) in [6.45, 7) is 4.19. The summed E-state index contributed by atoms with van der Waals surface area (Å²) in [4.78, 5) is 10.4. The molecule has 0 fully saturated rings. The third-order valence-electron chi connectivity index (χ3n) is 4.49. The molecule has 4 rings (SSSR count). The normalized spacial score (nSPS) is 15.0. The van der Waals surface area contributed by atoms with Gasteiger partial charge >= 0.3 is 0 Å². The Balaban J connectivity index is 1.65. The molecular weight excluding hydrogens is 342 g/mol. The van der Waals surface area contributed by atoms with Crippen LogP contribution in [0.3, 0.4) is 0 Å². The van der Waals surface area contributed by atoms with Gasteiger partial charge in [-0.15, -0.1) is 0 Å². The molecule has 1 aliphatic heterocycles. The van der Waals surface area contributed by atoms with Crippen molar-refractivity contribution in [1.29, 1.82) is 0 Å². The van der Waals surface area contributed by atoms with Crippen LogP contribution in [-0.2, 0) is 12.0 Å². The summed E-state index contributed by atoms with van der Waals surface area (Å²) in [7, 11) is 0. The van der Waals surface area contributed by atoms with E-state index < -0.39 is 5.60 Å². The second kappa shape index (κ2) is 6.41. The van der Waals surface area contributed by atoms with Crippen molar-refractivity contribution in [3.05, 3.63) is 59.1 Å². The van der Waals surface area contributed by atoms with Gasteiger partial charge in [0.2, 0.25) is 5.95 Å². The van der Waals surface area contributed by atoms with Crippen LogP contribution in [0.15, 0.2) is 41.1 Å². The Hall–Kier alpha value is -3.37. The molecule has 0 radical (unpaired) electrons. The van der Waals surface area contributed by atoms with E-state index in [9.17, 15) is 5.11 Å². The van der Waals surface area contributed by atoms with Crippen molar-refractivity contribution in [2.75, 3.05) is 17.2 Å². The van der Waals surface area contributed by atoms with Gasteiger partial charge in [-0.05, 0) is 44.0 Å². The van der Waals surface area contributed by atoms with E-state index in [0.717, 1.165) is 30.0 Å². The average Bonchev–Trinajstić information content (AvgIpc) is 3.26. The topological polar surface area (TPSA) is 101 Å². The minimum Gasteiger partial charge on any atom is -0.372 e. The summed E-state index contributed by atoms with van der Waals surface area (Å²) in [6, 6.07) is 9.52. The fourth-order valence-electron chi connectivity index (χ4n) is 3.06. The summed E-state index contributed by atoms with van der Waals surface area (Å²) in [5.41, 5.74) is 7.77. The Morgan fingerprint density at radius 1 is 1.30 bits per heavy atom. The first-order valence-electron chi connectivity index (χ1n) is 8.61. The number of aryl methyl sites for hydroxylation is 1. The maximum Gasteiger partial charge on any atom is 0.221 e. The van der Waals surface area contributed by atoms with Gasteiger partial charge in [0.25, 0.3) is 0 Å². The van der Waals surface area contributed by atoms with Gasteiger partial charge in [0.05, 0.1) is 0 Å². The SMILES string of the molecule is Cc1cc(C(C)(O)C#Cc2ccc3c(c2)N(c2ccnc(N)n2)CC3)no1. The third kappa shape index (κ3) is 3.35. The van der Waals surface area contributed by atoms with Crippen molar-refractivity contribution in [3.8, 4) is 11.8 Å². The van der Waals surface area contributed by atoms with Gasteiger partial charge in [0.15, 0.2) is 5.60 Å². The highest BCUT2D eigenvalue weighted by Crippen LogP contribution is 2.34. The van der Waals surface area contributed by atoms with E-state index in [2.05, 4.69) is 37.9 Å². The maximum absolute atomic E-state index is 10.6. The summed E-state index contributed by atoms with van der Waals surface area (Å²) in [5, 5.41) is 14.4.